The van der Waals surface area contributed by atoms with Crippen LogP contribution in [0.1, 0.15) is 72.8 Å². The van der Waals surface area contributed by atoms with Gasteiger partial charge in [-0.25, -0.2) is 4.79 Å². The number of hydrogen-bond acceptors (Lipinski definition) is 10. The Labute approximate surface area is 279 Å². The summed E-state index contributed by atoms with van der Waals surface area (Å²) >= 11 is 0. The summed E-state index contributed by atoms with van der Waals surface area (Å²) in [5.74, 6) is -0.960. The number of methoxy groups -OCH3 is 1. The van der Waals surface area contributed by atoms with Crippen molar-refractivity contribution in [3.05, 3.63) is 66.0 Å². The Bertz CT molecular complexity index is 1230. The van der Waals surface area contributed by atoms with Gasteiger partial charge in [0.15, 0.2) is 6.10 Å². The number of aliphatic hydroxyl groups excluding tert-OH is 2. The van der Waals surface area contributed by atoms with Crippen molar-refractivity contribution in [2.75, 3.05) is 7.11 Å². The SMILES string of the molecule is CCC(OC)C(C)C1OC1C(O)C(C)/C=C/C=C(\C)C1OC(=O)CC(O)CCC(C)(O)C(OC(=O)NCc2cccnc2)/C=C/C1C. The second-order valence-electron chi connectivity index (χ2n) is 13.2. The number of nitrogens with zero attached hydrogens (tertiary/aromatic N) is 1. The summed E-state index contributed by atoms with van der Waals surface area (Å²) in [5, 5.41) is 35.5. The minimum Gasteiger partial charge on any atom is -0.457 e. The van der Waals surface area contributed by atoms with Crippen LogP contribution < -0.4 is 5.32 Å². The molecule has 11 unspecified atom stereocenters. The maximum Gasteiger partial charge on any atom is 0.408 e. The van der Waals surface area contributed by atoms with E-state index >= 15 is 0 Å². The Kier molecular flexibility index (Phi) is 14.6. The second-order valence-corrected chi connectivity index (χ2v) is 13.2. The zero-order valence-corrected chi connectivity index (χ0v) is 28.7. The highest BCUT2D eigenvalue weighted by Crippen LogP contribution is 2.37. The number of alkyl carbamates (subject to hydrolysis) is 1. The summed E-state index contributed by atoms with van der Waals surface area (Å²) in [6.07, 6.45) is 8.55. The third-order valence-electron chi connectivity index (χ3n) is 9.19. The van der Waals surface area contributed by atoms with E-state index in [2.05, 4.69) is 24.1 Å². The molecule has 0 saturated carbocycles. The highest BCUT2D eigenvalue weighted by atomic mass is 16.6. The van der Waals surface area contributed by atoms with E-state index < -0.39 is 42.1 Å². The topological polar surface area (TPSA) is 160 Å². The van der Waals surface area contributed by atoms with E-state index in [0.29, 0.717) is 0 Å². The summed E-state index contributed by atoms with van der Waals surface area (Å²) in [6.45, 7) is 11.5. The van der Waals surface area contributed by atoms with Crippen LogP contribution in [-0.2, 0) is 30.3 Å². The lowest BCUT2D eigenvalue weighted by atomic mass is 9.88. The number of epoxide rings is 1. The van der Waals surface area contributed by atoms with E-state index in [1.807, 2.05) is 45.1 Å². The lowest BCUT2D eigenvalue weighted by molar-refractivity contribution is -0.151. The number of carbonyl (C=O) groups excluding carboxylic acids is 2. The van der Waals surface area contributed by atoms with Gasteiger partial charge < -0.3 is 39.6 Å². The molecule has 1 saturated heterocycles. The summed E-state index contributed by atoms with van der Waals surface area (Å²) in [7, 11) is 1.69. The number of amides is 1. The van der Waals surface area contributed by atoms with Crippen molar-refractivity contribution in [1.82, 2.24) is 10.3 Å². The van der Waals surface area contributed by atoms with Gasteiger partial charge in [-0.3, -0.25) is 9.78 Å². The van der Waals surface area contributed by atoms with Crippen LogP contribution in [0.25, 0.3) is 0 Å². The summed E-state index contributed by atoms with van der Waals surface area (Å²) in [4.78, 5) is 29.6. The predicted octanol–water partition coefficient (Wildman–Crippen LogP) is 4.40. The molecule has 1 aromatic rings. The van der Waals surface area contributed by atoms with E-state index in [-0.39, 0.29) is 61.9 Å². The Morgan fingerprint density at radius 3 is 2.68 bits per heavy atom. The van der Waals surface area contributed by atoms with Gasteiger partial charge in [0.05, 0.1) is 30.8 Å². The monoisotopic (exact) mass is 658 g/mol. The Hall–Kier alpha value is -3.09. The molecule has 1 amide bonds. The van der Waals surface area contributed by atoms with Crippen molar-refractivity contribution in [2.24, 2.45) is 17.8 Å². The van der Waals surface area contributed by atoms with Crippen molar-refractivity contribution in [3.8, 4) is 0 Å². The van der Waals surface area contributed by atoms with Crippen molar-refractivity contribution in [2.45, 2.75) is 122 Å². The number of aliphatic hydroxyl groups is 3. The summed E-state index contributed by atoms with van der Waals surface area (Å²) < 4.78 is 22.9. The van der Waals surface area contributed by atoms with Crippen LogP contribution in [0.2, 0.25) is 0 Å². The second kappa shape index (κ2) is 17.9. The summed E-state index contributed by atoms with van der Waals surface area (Å²) in [6, 6.07) is 3.58. The molecule has 11 nitrogen and oxygen atoms in total. The molecule has 4 N–H and O–H groups in total. The van der Waals surface area contributed by atoms with Crippen molar-refractivity contribution >= 4 is 12.1 Å². The molecule has 1 fully saturated rings. The number of ether oxygens (including phenoxy) is 4. The number of hydrogen-bond donors (Lipinski definition) is 4. The zero-order valence-electron chi connectivity index (χ0n) is 28.7. The molecule has 2 aliphatic rings. The van der Waals surface area contributed by atoms with Crippen LogP contribution >= 0.6 is 0 Å². The zero-order chi connectivity index (χ0) is 34.7. The van der Waals surface area contributed by atoms with Gasteiger partial charge in [0.2, 0.25) is 0 Å². The van der Waals surface area contributed by atoms with E-state index in [9.17, 15) is 24.9 Å². The molecular formula is C36H54N2O9. The number of rotatable bonds is 12. The smallest absolute Gasteiger partial charge is 0.408 e. The molecule has 11 atom stereocenters. The molecule has 47 heavy (non-hydrogen) atoms. The third-order valence-corrected chi connectivity index (χ3v) is 9.19. The Morgan fingerprint density at radius 2 is 2.02 bits per heavy atom. The van der Waals surface area contributed by atoms with Gasteiger partial charge >= 0.3 is 12.1 Å². The van der Waals surface area contributed by atoms with Gasteiger partial charge in [-0.2, -0.15) is 0 Å². The molecule has 1 aromatic heterocycles. The average Bonchev–Trinajstić information content (AvgIpc) is 3.84. The quantitative estimate of drug-likeness (QED) is 0.110. The number of pyridine rings is 1. The first-order chi connectivity index (χ1) is 22.3. The average molecular weight is 659 g/mol. The van der Waals surface area contributed by atoms with Gasteiger partial charge in [-0.05, 0) is 56.4 Å². The highest BCUT2D eigenvalue weighted by molar-refractivity contribution is 5.70. The van der Waals surface area contributed by atoms with E-state index in [1.165, 1.54) is 6.92 Å². The predicted molar refractivity (Wildman–Crippen MR) is 177 cm³/mol. The highest BCUT2D eigenvalue weighted by Gasteiger charge is 2.50. The van der Waals surface area contributed by atoms with Crippen LogP contribution in [0.3, 0.4) is 0 Å². The number of allylic oxidation sites excluding steroid dienone is 2. The molecular weight excluding hydrogens is 604 g/mol. The van der Waals surface area contributed by atoms with Crippen LogP contribution in [-0.4, -0.2) is 87.8 Å². The van der Waals surface area contributed by atoms with E-state index in [0.717, 1.165) is 17.6 Å². The van der Waals surface area contributed by atoms with Gasteiger partial charge in [-0.1, -0.05) is 58.1 Å². The Balaban J connectivity index is 1.71. The third kappa shape index (κ3) is 11.5. The van der Waals surface area contributed by atoms with E-state index in [1.54, 1.807) is 37.7 Å². The first-order valence-corrected chi connectivity index (χ1v) is 16.6. The normalized spacial score (nSPS) is 32.2. The van der Waals surface area contributed by atoms with Crippen molar-refractivity contribution < 1.29 is 43.9 Å². The number of esters is 1. The molecule has 0 bridgehead atoms. The first kappa shape index (κ1) is 38.4. The molecule has 3 rings (SSSR count). The first-order valence-electron chi connectivity index (χ1n) is 16.6. The number of aromatic nitrogens is 1. The molecule has 0 radical (unpaired) electrons. The fourth-order valence-corrected chi connectivity index (χ4v) is 5.97. The minimum absolute atomic E-state index is 0.0533. The molecule has 3 heterocycles. The molecule has 0 aliphatic carbocycles. The lowest BCUT2D eigenvalue weighted by Gasteiger charge is -2.32. The van der Waals surface area contributed by atoms with Crippen molar-refractivity contribution in [3.63, 3.8) is 0 Å². The van der Waals surface area contributed by atoms with Gasteiger partial charge in [0.1, 0.15) is 17.8 Å². The number of nitrogens with one attached hydrogen (secondary N) is 1. The summed E-state index contributed by atoms with van der Waals surface area (Å²) in [5.41, 5.74) is 0.00665. The largest absolute Gasteiger partial charge is 0.457 e. The van der Waals surface area contributed by atoms with E-state index in [4.69, 9.17) is 18.9 Å². The minimum atomic E-state index is -1.52. The van der Waals surface area contributed by atoms with Crippen LogP contribution in [0.15, 0.2) is 60.5 Å². The van der Waals surface area contributed by atoms with Crippen LogP contribution in [0.4, 0.5) is 4.79 Å². The maximum atomic E-state index is 12.8. The Morgan fingerprint density at radius 1 is 1.28 bits per heavy atom. The standard InChI is InChI=1S/C36H54N2O9/c1-8-28(44-7)25(5)33-34(47-33)31(41)22(2)11-9-12-23(3)32-24(4)14-15-29(36(6,43)17-16-27(39)19-30(40)46-32)45-35(42)38-21-26-13-10-18-37-20-26/h9-15,18,20,22,24-25,27-29,31-34,39,41,43H,8,16-17,19,21H2,1-7H3,(H,38,42)/b11-9+,15-14+,23-12+. The lowest BCUT2D eigenvalue weighted by Crippen LogP contribution is -2.44. The molecule has 262 valence electrons. The van der Waals surface area contributed by atoms with Gasteiger partial charge in [0, 0.05) is 43.8 Å². The number of carbonyl (C=O) groups is 2. The van der Waals surface area contributed by atoms with Crippen LogP contribution in [0.5, 0.6) is 0 Å². The molecule has 2 aliphatic heterocycles. The fraction of sp³-hybridized carbons (Fsp3) is 0.639. The maximum absolute atomic E-state index is 12.8. The number of cyclic esters (lactones) is 1. The molecule has 0 aromatic carbocycles. The van der Waals surface area contributed by atoms with Gasteiger partial charge in [0.25, 0.3) is 0 Å². The van der Waals surface area contributed by atoms with Crippen molar-refractivity contribution in [1.29, 1.82) is 0 Å². The van der Waals surface area contributed by atoms with Gasteiger partial charge in [-0.15, -0.1) is 0 Å². The van der Waals surface area contributed by atoms with Crippen LogP contribution in [0, 0.1) is 17.8 Å². The molecule has 11 heteroatoms. The molecule has 0 spiro atoms. The fourth-order valence-electron chi connectivity index (χ4n) is 5.97.